The number of hydrogen-bond donors (Lipinski definition) is 1. The van der Waals surface area contributed by atoms with Gasteiger partial charge in [-0.1, -0.05) is 85.6 Å². The second kappa shape index (κ2) is 12.7. The summed E-state index contributed by atoms with van der Waals surface area (Å²) in [6.45, 7) is 0.442. The van der Waals surface area contributed by atoms with E-state index in [9.17, 15) is 19.2 Å². The minimum Gasteiger partial charge on any atom is -0.352 e. The van der Waals surface area contributed by atoms with E-state index in [-0.39, 0.29) is 42.6 Å². The molecule has 0 spiro atoms. The molecule has 206 valence electrons. The lowest BCUT2D eigenvalue weighted by atomic mass is 10.0. The zero-order valence-electron chi connectivity index (χ0n) is 22.6. The molecule has 0 radical (unpaired) electrons. The van der Waals surface area contributed by atoms with Crippen LogP contribution in [0.5, 0.6) is 0 Å². The molecule has 3 aromatic rings. The van der Waals surface area contributed by atoms with E-state index in [0.29, 0.717) is 30.5 Å². The summed E-state index contributed by atoms with van der Waals surface area (Å²) in [6, 6.07) is 25.7. The van der Waals surface area contributed by atoms with Crippen LogP contribution in [-0.2, 0) is 22.6 Å². The van der Waals surface area contributed by atoms with Crippen LogP contribution in [0.1, 0.15) is 70.4 Å². The Hall–Kier alpha value is -4.26. The standard InChI is InChI=1S/C33H35N3O4/c37-30(20-11-21-35-32(39)27-18-9-10-19-28(27)33(35)40)36(23-25-14-5-2-6-15-25)29(22-24-12-3-1-4-13-24)31(38)34-26-16-7-8-17-26/h1-6,9-10,12-15,18-19,26,29H,7-8,11,16-17,20-23H2,(H,34,38)/t29-/m0/s1. The third kappa shape index (κ3) is 6.30. The third-order valence-electron chi connectivity index (χ3n) is 7.82. The Bertz CT molecular complexity index is 1320. The lowest BCUT2D eigenvalue weighted by Gasteiger charge is -2.32. The van der Waals surface area contributed by atoms with E-state index < -0.39 is 6.04 Å². The Morgan fingerprint density at radius 2 is 1.35 bits per heavy atom. The fourth-order valence-corrected chi connectivity index (χ4v) is 5.68. The lowest BCUT2D eigenvalue weighted by Crippen LogP contribution is -2.52. The van der Waals surface area contributed by atoms with E-state index in [1.807, 2.05) is 60.7 Å². The average molecular weight is 538 g/mol. The fourth-order valence-electron chi connectivity index (χ4n) is 5.68. The maximum atomic E-state index is 13.8. The number of benzene rings is 3. The van der Waals surface area contributed by atoms with Crippen molar-refractivity contribution in [1.29, 1.82) is 0 Å². The highest BCUT2D eigenvalue weighted by molar-refractivity contribution is 6.21. The van der Waals surface area contributed by atoms with Gasteiger partial charge in [0.15, 0.2) is 0 Å². The van der Waals surface area contributed by atoms with Crippen molar-refractivity contribution in [3.05, 3.63) is 107 Å². The number of hydrogen-bond acceptors (Lipinski definition) is 4. The van der Waals surface area contributed by atoms with Gasteiger partial charge in [0.25, 0.3) is 11.8 Å². The summed E-state index contributed by atoms with van der Waals surface area (Å²) in [6.07, 6.45) is 4.93. The first-order chi connectivity index (χ1) is 19.5. The molecule has 5 rings (SSSR count). The maximum absolute atomic E-state index is 13.8. The van der Waals surface area contributed by atoms with Crippen molar-refractivity contribution < 1.29 is 19.2 Å². The minimum absolute atomic E-state index is 0.113. The first-order valence-corrected chi connectivity index (χ1v) is 14.1. The molecule has 1 fully saturated rings. The molecule has 7 heteroatoms. The van der Waals surface area contributed by atoms with Crippen molar-refractivity contribution in [2.75, 3.05) is 6.54 Å². The van der Waals surface area contributed by atoms with Gasteiger partial charge in [-0.15, -0.1) is 0 Å². The summed E-state index contributed by atoms with van der Waals surface area (Å²) in [5, 5.41) is 3.21. The van der Waals surface area contributed by atoms with Gasteiger partial charge in [0.2, 0.25) is 11.8 Å². The Morgan fingerprint density at radius 3 is 1.95 bits per heavy atom. The predicted molar refractivity (Wildman–Crippen MR) is 152 cm³/mol. The molecule has 2 aliphatic rings. The van der Waals surface area contributed by atoms with Crippen LogP contribution in [0.4, 0.5) is 0 Å². The van der Waals surface area contributed by atoms with Crippen molar-refractivity contribution in [1.82, 2.24) is 15.1 Å². The molecule has 1 N–H and O–H groups in total. The van der Waals surface area contributed by atoms with E-state index in [1.54, 1.807) is 29.2 Å². The summed E-state index contributed by atoms with van der Waals surface area (Å²) in [7, 11) is 0. The second-order valence-corrected chi connectivity index (χ2v) is 10.6. The van der Waals surface area contributed by atoms with Crippen LogP contribution in [0.2, 0.25) is 0 Å². The van der Waals surface area contributed by atoms with E-state index >= 15 is 0 Å². The highest BCUT2D eigenvalue weighted by Gasteiger charge is 2.36. The maximum Gasteiger partial charge on any atom is 0.261 e. The highest BCUT2D eigenvalue weighted by Crippen LogP contribution is 2.24. The van der Waals surface area contributed by atoms with Crippen molar-refractivity contribution >= 4 is 23.6 Å². The molecule has 0 aromatic heterocycles. The van der Waals surface area contributed by atoms with Crippen LogP contribution in [0, 0.1) is 0 Å². The summed E-state index contributed by atoms with van der Waals surface area (Å²) in [5.74, 6) is -0.970. The third-order valence-corrected chi connectivity index (χ3v) is 7.82. The molecule has 3 aromatic carbocycles. The first-order valence-electron chi connectivity index (χ1n) is 14.1. The van der Waals surface area contributed by atoms with Crippen molar-refractivity contribution in [3.8, 4) is 0 Å². The summed E-state index contributed by atoms with van der Waals surface area (Å²) in [4.78, 5) is 56.0. The van der Waals surface area contributed by atoms with Crippen molar-refractivity contribution in [2.24, 2.45) is 0 Å². The number of nitrogens with zero attached hydrogens (tertiary/aromatic N) is 2. The van der Waals surface area contributed by atoms with Crippen LogP contribution in [0.3, 0.4) is 0 Å². The van der Waals surface area contributed by atoms with E-state index in [0.717, 1.165) is 36.8 Å². The Labute approximate surface area is 235 Å². The summed E-state index contributed by atoms with van der Waals surface area (Å²) < 4.78 is 0. The normalized spacial score (nSPS) is 15.7. The Morgan fingerprint density at radius 1 is 0.800 bits per heavy atom. The number of amides is 4. The predicted octanol–water partition coefficient (Wildman–Crippen LogP) is 4.76. The Balaban J connectivity index is 1.34. The smallest absolute Gasteiger partial charge is 0.261 e. The fraction of sp³-hybridized carbons (Fsp3) is 0.333. The van der Waals surface area contributed by atoms with Gasteiger partial charge in [0, 0.05) is 32.0 Å². The van der Waals surface area contributed by atoms with E-state index in [1.165, 1.54) is 4.90 Å². The molecule has 1 saturated carbocycles. The zero-order chi connectivity index (χ0) is 27.9. The molecule has 0 saturated heterocycles. The van der Waals surface area contributed by atoms with Crippen LogP contribution < -0.4 is 5.32 Å². The van der Waals surface area contributed by atoms with Gasteiger partial charge >= 0.3 is 0 Å². The van der Waals surface area contributed by atoms with E-state index in [4.69, 9.17) is 0 Å². The molecule has 1 atom stereocenters. The quantitative estimate of drug-likeness (QED) is 0.357. The number of carbonyl (C=O) groups is 4. The topological polar surface area (TPSA) is 86.8 Å². The van der Waals surface area contributed by atoms with Gasteiger partial charge in [-0.25, -0.2) is 0 Å². The van der Waals surface area contributed by atoms with Gasteiger partial charge in [-0.05, 0) is 42.5 Å². The van der Waals surface area contributed by atoms with Crippen LogP contribution in [-0.4, -0.2) is 52.1 Å². The van der Waals surface area contributed by atoms with Crippen molar-refractivity contribution in [2.45, 2.75) is 63.6 Å². The number of rotatable bonds is 11. The molecule has 0 bridgehead atoms. The van der Waals surface area contributed by atoms with Gasteiger partial charge in [-0.2, -0.15) is 0 Å². The van der Waals surface area contributed by atoms with Gasteiger partial charge < -0.3 is 10.2 Å². The van der Waals surface area contributed by atoms with Crippen LogP contribution in [0.15, 0.2) is 84.9 Å². The average Bonchev–Trinajstić information content (AvgIpc) is 3.58. The summed E-state index contributed by atoms with van der Waals surface area (Å²) in [5.41, 5.74) is 2.71. The minimum atomic E-state index is -0.685. The molecule has 1 heterocycles. The van der Waals surface area contributed by atoms with Crippen LogP contribution in [0.25, 0.3) is 0 Å². The van der Waals surface area contributed by atoms with Crippen molar-refractivity contribution in [3.63, 3.8) is 0 Å². The largest absolute Gasteiger partial charge is 0.352 e. The molecular formula is C33H35N3O4. The molecule has 1 aliphatic heterocycles. The molecule has 4 amide bonds. The zero-order valence-corrected chi connectivity index (χ0v) is 22.6. The van der Waals surface area contributed by atoms with Crippen LogP contribution >= 0.6 is 0 Å². The second-order valence-electron chi connectivity index (χ2n) is 10.6. The van der Waals surface area contributed by atoms with Gasteiger partial charge in [0.1, 0.15) is 6.04 Å². The van der Waals surface area contributed by atoms with E-state index in [2.05, 4.69) is 5.32 Å². The number of nitrogens with one attached hydrogen (secondary N) is 1. The molecular weight excluding hydrogens is 502 g/mol. The first kappa shape index (κ1) is 27.3. The highest BCUT2D eigenvalue weighted by atomic mass is 16.2. The molecule has 40 heavy (non-hydrogen) atoms. The molecule has 7 nitrogen and oxygen atoms in total. The monoisotopic (exact) mass is 537 g/mol. The summed E-state index contributed by atoms with van der Waals surface area (Å²) >= 11 is 0. The molecule has 1 aliphatic carbocycles. The molecule has 0 unspecified atom stereocenters. The Kier molecular flexibility index (Phi) is 8.69. The SMILES string of the molecule is O=C(NC1CCCC1)[C@H](Cc1ccccc1)N(Cc1ccccc1)C(=O)CCCN1C(=O)c2ccccc2C1=O. The number of imide groups is 1. The van der Waals surface area contributed by atoms with Gasteiger partial charge in [-0.3, -0.25) is 24.1 Å². The number of fused-ring (bicyclic) bond motifs is 1. The lowest BCUT2D eigenvalue weighted by molar-refractivity contribution is -0.141. The van der Waals surface area contributed by atoms with Gasteiger partial charge in [0.05, 0.1) is 11.1 Å². The number of carbonyl (C=O) groups excluding carboxylic acids is 4.